The van der Waals surface area contributed by atoms with E-state index in [1.807, 2.05) is 0 Å². The van der Waals surface area contributed by atoms with Crippen LogP contribution in [0.2, 0.25) is 5.02 Å². The topological polar surface area (TPSA) is 89.8 Å². The van der Waals surface area contributed by atoms with Gasteiger partial charge in [0.2, 0.25) is 5.91 Å². The molecule has 1 aromatic carbocycles. The molecule has 1 aliphatic carbocycles. The van der Waals surface area contributed by atoms with E-state index in [4.69, 9.17) is 16.3 Å². The van der Waals surface area contributed by atoms with Crippen LogP contribution < -0.4 is 10.1 Å². The summed E-state index contributed by atoms with van der Waals surface area (Å²) in [7, 11) is 1.31. The molecule has 3 rings (SSSR count). The molecule has 0 spiro atoms. The molecule has 0 unspecified atom stereocenters. The zero-order chi connectivity index (χ0) is 21.5. The summed E-state index contributed by atoms with van der Waals surface area (Å²) >= 11 is 8.57. The van der Waals surface area contributed by atoms with Crippen LogP contribution in [0.1, 0.15) is 32.1 Å². The molecule has 1 aliphatic rings. The van der Waals surface area contributed by atoms with Gasteiger partial charge >= 0.3 is 5.97 Å². The van der Waals surface area contributed by atoms with Gasteiger partial charge in [-0.15, -0.1) is 11.8 Å². The number of hydrogen-bond acceptors (Lipinski definition) is 6. The minimum Gasteiger partial charge on any atom is -0.468 e. The van der Waals surface area contributed by atoms with Gasteiger partial charge in [-0.2, -0.15) is 4.99 Å². The summed E-state index contributed by atoms with van der Waals surface area (Å²) in [5.74, 6) is -0.529. The molecule has 0 bridgehead atoms. The number of carbonyl (C=O) groups is 3. The van der Waals surface area contributed by atoms with Crippen molar-refractivity contribution in [2.24, 2.45) is 4.99 Å². The average Bonchev–Trinajstić information content (AvgIpc) is 3.04. The molecular weight excluding hydrogens is 446 g/mol. The van der Waals surface area contributed by atoms with Crippen molar-refractivity contribution in [3.63, 3.8) is 0 Å². The third-order valence-corrected chi connectivity index (χ3v) is 7.00. The number of nitrogens with zero attached hydrogens (tertiary/aromatic N) is 2. The molecule has 1 aromatic heterocycles. The molecule has 1 fully saturated rings. The van der Waals surface area contributed by atoms with Gasteiger partial charge in [-0.3, -0.25) is 14.4 Å². The van der Waals surface area contributed by atoms with Crippen LogP contribution in [0.25, 0.3) is 10.2 Å². The number of thioether (sulfide) groups is 1. The van der Waals surface area contributed by atoms with Crippen molar-refractivity contribution in [1.82, 2.24) is 9.88 Å². The lowest BCUT2D eigenvalue weighted by Gasteiger charge is -2.22. The number of benzene rings is 1. The molecule has 0 atom stereocenters. The first-order valence-electron chi connectivity index (χ1n) is 9.76. The molecule has 0 radical (unpaired) electrons. The van der Waals surface area contributed by atoms with Crippen molar-refractivity contribution in [1.29, 1.82) is 0 Å². The average molecular weight is 470 g/mol. The van der Waals surface area contributed by atoms with Gasteiger partial charge in [0.05, 0.1) is 28.8 Å². The molecule has 0 saturated heterocycles. The van der Waals surface area contributed by atoms with Gasteiger partial charge in [-0.25, -0.2) is 0 Å². The van der Waals surface area contributed by atoms with Gasteiger partial charge in [0.15, 0.2) is 4.80 Å². The number of fused-ring (bicyclic) bond motifs is 1. The highest BCUT2D eigenvalue weighted by molar-refractivity contribution is 8.00. The van der Waals surface area contributed by atoms with E-state index in [2.05, 4.69) is 10.3 Å². The fraction of sp³-hybridized carbons (Fsp3) is 0.500. The number of aromatic nitrogens is 1. The minimum atomic E-state index is -0.438. The SMILES string of the molecule is COC(=O)Cn1c(=NC(=O)CSCC(=O)NC2CCCCC2)sc2cc(Cl)ccc21. The van der Waals surface area contributed by atoms with Crippen LogP contribution in [0.5, 0.6) is 0 Å². The monoisotopic (exact) mass is 469 g/mol. The van der Waals surface area contributed by atoms with Crippen LogP contribution in [0.3, 0.4) is 0 Å². The van der Waals surface area contributed by atoms with Crippen LogP contribution in [0.15, 0.2) is 23.2 Å². The van der Waals surface area contributed by atoms with Crippen molar-refractivity contribution in [2.75, 3.05) is 18.6 Å². The first kappa shape index (κ1) is 22.8. The molecule has 30 heavy (non-hydrogen) atoms. The molecule has 162 valence electrons. The molecular formula is C20H24ClN3O4S2. The second-order valence-electron chi connectivity index (χ2n) is 7.06. The number of rotatable bonds is 7. The number of thiazole rings is 1. The number of ether oxygens (including phenoxy) is 1. The summed E-state index contributed by atoms with van der Waals surface area (Å²) in [5.41, 5.74) is 0.751. The minimum absolute atomic E-state index is 0.0445. The Bertz CT molecular complexity index is 996. The molecule has 1 saturated carbocycles. The second kappa shape index (κ2) is 11.0. The Balaban J connectivity index is 1.64. The highest BCUT2D eigenvalue weighted by atomic mass is 35.5. The lowest BCUT2D eigenvalue weighted by Crippen LogP contribution is -2.37. The lowest BCUT2D eigenvalue weighted by molar-refractivity contribution is -0.141. The van der Waals surface area contributed by atoms with Crippen molar-refractivity contribution in [2.45, 2.75) is 44.7 Å². The number of methoxy groups -OCH3 is 1. The quantitative estimate of drug-likeness (QED) is 0.629. The van der Waals surface area contributed by atoms with Crippen molar-refractivity contribution in [3.8, 4) is 0 Å². The van der Waals surface area contributed by atoms with Crippen LogP contribution in [-0.4, -0.2) is 47.0 Å². The molecule has 1 heterocycles. The third kappa shape index (κ3) is 6.33. The fourth-order valence-corrected chi connectivity index (χ4v) is 5.30. The maximum Gasteiger partial charge on any atom is 0.325 e. The van der Waals surface area contributed by atoms with Crippen molar-refractivity contribution < 1.29 is 19.1 Å². The smallest absolute Gasteiger partial charge is 0.325 e. The van der Waals surface area contributed by atoms with Crippen LogP contribution >= 0.6 is 34.7 Å². The van der Waals surface area contributed by atoms with Crippen LogP contribution in [0.4, 0.5) is 0 Å². The Kier molecular flexibility index (Phi) is 8.35. The Labute approximate surface area is 187 Å². The summed E-state index contributed by atoms with van der Waals surface area (Å²) in [4.78, 5) is 40.8. The highest BCUT2D eigenvalue weighted by Gasteiger charge is 2.16. The van der Waals surface area contributed by atoms with E-state index in [1.165, 1.54) is 36.6 Å². The summed E-state index contributed by atoms with van der Waals surface area (Å²) in [5, 5.41) is 3.60. The van der Waals surface area contributed by atoms with E-state index in [-0.39, 0.29) is 35.9 Å². The van der Waals surface area contributed by atoms with Gasteiger partial charge in [0.1, 0.15) is 6.54 Å². The number of hydrogen-bond donors (Lipinski definition) is 1. The van der Waals surface area contributed by atoms with Crippen molar-refractivity contribution >= 4 is 62.7 Å². The van der Waals surface area contributed by atoms with Gasteiger partial charge in [-0.05, 0) is 31.0 Å². The van der Waals surface area contributed by atoms with Crippen molar-refractivity contribution in [3.05, 3.63) is 28.0 Å². The normalized spacial score (nSPS) is 15.3. The summed E-state index contributed by atoms with van der Waals surface area (Å²) in [6.45, 7) is -0.0544. The standard InChI is InChI=1S/C20H24ClN3O4S2/c1-28-19(27)10-24-15-8-7-13(21)9-16(15)30-20(24)23-18(26)12-29-11-17(25)22-14-5-3-2-4-6-14/h7-9,14H,2-6,10-12H2,1H3,(H,22,25). The predicted octanol–water partition coefficient (Wildman–Crippen LogP) is 3.14. The zero-order valence-electron chi connectivity index (χ0n) is 16.7. The Morgan fingerprint density at radius 2 is 2.03 bits per heavy atom. The molecule has 10 heteroatoms. The van der Waals surface area contributed by atoms with Gasteiger partial charge < -0.3 is 14.6 Å². The fourth-order valence-electron chi connectivity index (χ4n) is 3.37. The van der Waals surface area contributed by atoms with Gasteiger partial charge in [0, 0.05) is 11.1 Å². The first-order valence-corrected chi connectivity index (χ1v) is 12.1. The first-order chi connectivity index (χ1) is 14.5. The zero-order valence-corrected chi connectivity index (χ0v) is 19.1. The van der Waals surface area contributed by atoms with Crippen LogP contribution in [0, 0.1) is 0 Å². The van der Waals surface area contributed by atoms with E-state index in [1.54, 1.807) is 22.8 Å². The number of carbonyl (C=O) groups excluding carboxylic acids is 3. The van der Waals surface area contributed by atoms with E-state index >= 15 is 0 Å². The number of esters is 1. The number of halogens is 1. The molecule has 2 aromatic rings. The summed E-state index contributed by atoms with van der Waals surface area (Å²) in [6.07, 6.45) is 5.60. The van der Waals surface area contributed by atoms with Crippen LogP contribution in [-0.2, 0) is 25.7 Å². The highest BCUT2D eigenvalue weighted by Crippen LogP contribution is 2.22. The number of nitrogens with one attached hydrogen (secondary N) is 1. The third-order valence-electron chi connectivity index (χ3n) is 4.81. The summed E-state index contributed by atoms with van der Waals surface area (Å²) in [6, 6.07) is 5.53. The largest absolute Gasteiger partial charge is 0.468 e. The molecule has 7 nitrogen and oxygen atoms in total. The van der Waals surface area contributed by atoms with Gasteiger partial charge in [-0.1, -0.05) is 42.2 Å². The maximum absolute atomic E-state index is 12.4. The summed E-state index contributed by atoms with van der Waals surface area (Å²) < 4.78 is 7.21. The Morgan fingerprint density at radius 1 is 1.27 bits per heavy atom. The maximum atomic E-state index is 12.4. The van der Waals surface area contributed by atoms with E-state index in [0.717, 1.165) is 35.9 Å². The predicted molar refractivity (Wildman–Crippen MR) is 120 cm³/mol. The Hall–Kier alpha value is -1.84. The van der Waals surface area contributed by atoms with E-state index in [9.17, 15) is 14.4 Å². The number of amides is 2. The Morgan fingerprint density at radius 3 is 2.77 bits per heavy atom. The molecule has 1 N–H and O–H groups in total. The lowest BCUT2D eigenvalue weighted by atomic mass is 9.95. The van der Waals surface area contributed by atoms with Gasteiger partial charge in [0.25, 0.3) is 5.91 Å². The van der Waals surface area contributed by atoms with E-state index < -0.39 is 5.97 Å². The molecule has 0 aliphatic heterocycles. The molecule has 2 amide bonds. The van der Waals surface area contributed by atoms with E-state index in [0.29, 0.717) is 9.82 Å². The second-order valence-corrected chi connectivity index (χ2v) is 9.49.